The maximum absolute atomic E-state index is 13.9. The Hall–Kier alpha value is -3.22. The maximum atomic E-state index is 13.9. The predicted octanol–water partition coefficient (Wildman–Crippen LogP) is 3.73. The van der Waals surface area contributed by atoms with Crippen LogP contribution in [0.15, 0.2) is 36.1 Å². The Kier molecular flexibility index (Phi) is 6.65. The summed E-state index contributed by atoms with van der Waals surface area (Å²) in [6.07, 6.45) is 1.44. The molecular formula is C20H21FO6. The Labute approximate surface area is 157 Å². The van der Waals surface area contributed by atoms with Gasteiger partial charge < -0.3 is 23.7 Å². The minimum Gasteiger partial charge on any atom is -0.494 e. The van der Waals surface area contributed by atoms with Crippen LogP contribution in [0.2, 0.25) is 0 Å². The molecule has 7 heteroatoms. The van der Waals surface area contributed by atoms with E-state index in [1.807, 2.05) is 0 Å². The van der Waals surface area contributed by atoms with Crippen molar-refractivity contribution in [2.24, 2.45) is 0 Å². The third kappa shape index (κ3) is 4.31. The van der Waals surface area contributed by atoms with E-state index in [2.05, 4.69) is 0 Å². The van der Waals surface area contributed by atoms with Crippen LogP contribution in [0.4, 0.5) is 4.39 Å². The molecule has 0 saturated heterocycles. The van der Waals surface area contributed by atoms with Crippen LogP contribution in [0.3, 0.4) is 0 Å². The van der Waals surface area contributed by atoms with Gasteiger partial charge in [-0.1, -0.05) is 6.07 Å². The summed E-state index contributed by atoms with van der Waals surface area (Å²) < 4.78 is 39.8. The van der Waals surface area contributed by atoms with Crippen LogP contribution in [-0.2, 0) is 4.74 Å². The fourth-order valence-corrected chi connectivity index (χ4v) is 2.50. The van der Waals surface area contributed by atoms with Gasteiger partial charge >= 0.3 is 0 Å². The smallest absolute Gasteiger partial charge is 0.227 e. The third-order valence-electron chi connectivity index (χ3n) is 3.84. The molecule has 0 amide bonds. The first-order valence-electron chi connectivity index (χ1n) is 7.93. The highest BCUT2D eigenvalue weighted by Gasteiger charge is 2.20. The summed E-state index contributed by atoms with van der Waals surface area (Å²) in [4.78, 5) is 12.9. The van der Waals surface area contributed by atoms with E-state index in [0.717, 1.165) is 0 Å². The predicted molar refractivity (Wildman–Crippen MR) is 98.4 cm³/mol. The molecule has 0 saturated carbocycles. The maximum Gasteiger partial charge on any atom is 0.227 e. The van der Waals surface area contributed by atoms with E-state index in [1.165, 1.54) is 65.9 Å². The van der Waals surface area contributed by atoms with Gasteiger partial charge in [0.15, 0.2) is 28.8 Å². The number of rotatable bonds is 8. The lowest BCUT2D eigenvalue weighted by Crippen LogP contribution is -2.07. The van der Waals surface area contributed by atoms with Crippen molar-refractivity contribution in [2.75, 3.05) is 35.5 Å². The number of allylic oxidation sites excluding steroid dienone is 1. The molecule has 0 aliphatic carbocycles. The van der Waals surface area contributed by atoms with E-state index in [0.29, 0.717) is 22.8 Å². The van der Waals surface area contributed by atoms with Gasteiger partial charge in [-0.05, 0) is 35.9 Å². The second kappa shape index (κ2) is 8.93. The SMILES string of the molecule is COC(=Cc1ccc(OC)c(F)c1)C(=O)c1cc(OC)c(OC)c(OC)c1. The van der Waals surface area contributed by atoms with E-state index < -0.39 is 11.6 Å². The molecular weight excluding hydrogens is 355 g/mol. The number of halogens is 1. The fraction of sp³-hybridized carbons (Fsp3) is 0.250. The number of carbonyl (C=O) groups excluding carboxylic acids is 1. The number of benzene rings is 2. The van der Waals surface area contributed by atoms with Crippen LogP contribution in [0.1, 0.15) is 15.9 Å². The van der Waals surface area contributed by atoms with Gasteiger partial charge in [-0.25, -0.2) is 4.39 Å². The van der Waals surface area contributed by atoms with Crippen molar-refractivity contribution < 1.29 is 32.9 Å². The molecule has 0 bridgehead atoms. The van der Waals surface area contributed by atoms with Crippen LogP contribution in [0.5, 0.6) is 23.0 Å². The first-order chi connectivity index (χ1) is 13.0. The van der Waals surface area contributed by atoms with Crippen molar-refractivity contribution in [3.63, 3.8) is 0 Å². The van der Waals surface area contributed by atoms with Crippen molar-refractivity contribution in [1.82, 2.24) is 0 Å². The third-order valence-corrected chi connectivity index (χ3v) is 3.84. The quantitative estimate of drug-likeness (QED) is 0.397. The largest absolute Gasteiger partial charge is 0.494 e. The molecule has 0 radical (unpaired) electrons. The van der Waals surface area contributed by atoms with Crippen molar-refractivity contribution >= 4 is 11.9 Å². The van der Waals surface area contributed by atoms with Gasteiger partial charge in [0.2, 0.25) is 11.5 Å². The normalized spacial score (nSPS) is 11.0. The number of hydrogen-bond acceptors (Lipinski definition) is 6. The van der Waals surface area contributed by atoms with Crippen LogP contribution < -0.4 is 18.9 Å². The zero-order valence-corrected chi connectivity index (χ0v) is 15.8. The standard InChI is InChI=1S/C20H21FO6/c1-23-15-7-6-12(8-14(15)21)9-16(24-2)19(22)13-10-17(25-3)20(27-5)18(11-13)26-4/h6-11H,1-5H3. The number of ketones is 1. The van der Waals surface area contributed by atoms with Gasteiger partial charge in [-0.3, -0.25) is 4.79 Å². The zero-order valence-electron chi connectivity index (χ0n) is 15.8. The van der Waals surface area contributed by atoms with E-state index >= 15 is 0 Å². The van der Waals surface area contributed by atoms with Crippen molar-refractivity contribution in [3.05, 3.63) is 53.0 Å². The van der Waals surface area contributed by atoms with Crippen LogP contribution in [-0.4, -0.2) is 41.3 Å². The summed E-state index contributed by atoms with van der Waals surface area (Å²) in [6.45, 7) is 0. The van der Waals surface area contributed by atoms with Crippen LogP contribution in [0.25, 0.3) is 6.08 Å². The molecule has 0 aliphatic heterocycles. The number of hydrogen-bond donors (Lipinski definition) is 0. The van der Waals surface area contributed by atoms with Crippen molar-refractivity contribution in [2.45, 2.75) is 0 Å². The first kappa shape index (κ1) is 20.1. The molecule has 27 heavy (non-hydrogen) atoms. The Bertz CT molecular complexity index is 835. The number of carbonyl (C=O) groups is 1. The van der Waals surface area contributed by atoms with Crippen molar-refractivity contribution in [1.29, 1.82) is 0 Å². The second-order valence-corrected chi connectivity index (χ2v) is 5.35. The van der Waals surface area contributed by atoms with Gasteiger partial charge in [-0.2, -0.15) is 0 Å². The van der Waals surface area contributed by atoms with Gasteiger partial charge in [0.05, 0.1) is 35.5 Å². The first-order valence-corrected chi connectivity index (χ1v) is 7.93. The highest BCUT2D eigenvalue weighted by Crippen LogP contribution is 2.38. The molecule has 0 spiro atoms. The van der Waals surface area contributed by atoms with E-state index in [9.17, 15) is 9.18 Å². The molecule has 6 nitrogen and oxygen atoms in total. The average molecular weight is 376 g/mol. The molecule has 2 rings (SSSR count). The highest BCUT2D eigenvalue weighted by molar-refractivity contribution is 6.10. The molecule has 0 heterocycles. The lowest BCUT2D eigenvalue weighted by atomic mass is 10.1. The Morgan fingerprint density at radius 3 is 1.89 bits per heavy atom. The van der Waals surface area contributed by atoms with Crippen LogP contribution >= 0.6 is 0 Å². The lowest BCUT2D eigenvalue weighted by molar-refractivity contribution is 0.0956. The zero-order chi connectivity index (χ0) is 20.0. The molecule has 2 aromatic rings. The molecule has 2 aromatic carbocycles. The second-order valence-electron chi connectivity index (χ2n) is 5.35. The van der Waals surface area contributed by atoms with Crippen molar-refractivity contribution in [3.8, 4) is 23.0 Å². The molecule has 0 fully saturated rings. The Morgan fingerprint density at radius 2 is 1.44 bits per heavy atom. The Morgan fingerprint density at radius 1 is 0.852 bits per heavy atom. The summed E-state index contributed by atoms with van der Waals surface area (Å²) in [5.41, 5.74) is 0.720. The van der Waals surface area contributed by atoms with E-state index in [1.54, 1.807) is 6.07 Å². The average Bonchev–Trinajstić information content (AvgIpc) is 2.70. The summed E-state index contributed by atoms with van der Waals surface area (Å²) in [5.74, 6) is 0.222. The van der Waals surface area contributed by atoms with Gasteiger partial charge in [0.1, 0.15) is 0 Å². The van der Waals surface area contributed by atoms with Crippen LogP contribution in [0, 0.1) is 5.82 Å². The molecule has 0 unspecified atom stereocenters. The van der Waals surface area contributed by atoms with E-state index in [4.69, 9.17) is 23.7 Å². The summed E-state index contributed by atoms with van der Waals surface area (Å²) in [5, 5.41) is 0. The number of methoxy groups -OCH3 is 5. The van der Waals surface area contributed by atoms with E-state index in [-0.39, 0.29) is 17.1 Å². The minimum absolute atomic E-state index is 0.0221. The molecule has 144 valence electrons. The van der Waals surface area contributed by atoms with Gasteiger partial charge in [-0.15, -0.1) is 0 Å². The van der Waals surface area contributed by atoms with Gasteiger partial charge in [0.25, 0.3) is 0 Å². The lowest BCUT2D eigenvalue weighted by Gasteiger charge is -2.14. The van der Waals surface area contributed by atoms with Gasteiger partial charge in [0, 0.05) is 5.56 Å². The summed E-state index contributed by atoms with van der Waals surface area (Å²) >= 11 is 0. The molecule has 0 N–H and O–H groups in total. The fourth-order valence-electron chi connectivity index (χ4n) is 2.50. The molecule has 0 aliphatic rings. The summed E-state index contributed by atoms with van der Waals surface area (Å²) in [7, 11) is 7.13. The topological polar surface area (TPSA) is 63.2 Å². The Balaban J connectivity index is 2.46. The number of ether oxygens (including phenoxy) is 5. The molecule has 0 atom stereocenters. The summed E-state index contributed by atoms with van der Waals surface area (Å²) in [6, 6.07) is 7.37. The number of Topliss-reactive ketones (excluding diaryl/α,β-unsaturated/α-hetero) is 1. The molecule has 0 aromatic heterocycles. The monoisotopic (exact) mass is 376 g/mol. The highest BCUT2D eigenvalue weighted by atomic mass is 19.1. The minimum atomic E-state index is -0.540.